The maximum absolute atomic E-state index is 8.88. The highest BCUT2D eigenvalue weighted by Crippen LogP contribution is 2.37. The van der Waals surface area contributed by atoms with Gasteiger partial charge < -0.3 is 19.7 Å². The van der Waals surface area contributed by atoms with E-state index in [9.17, 15) is 0 Å². The molecular formula is C5H8O4. The maximum Gasteiger partial charge on any atom is 0.184 e. The predicted octanol–water partition coefficient (Wildman–Crippen LogP) is -1.54. The second-order valence-corrected chi connectivity index (χ2v) is 2.31. The van der Waals surface area contributed by atoms with E-state index in [1.807, 2.05) is 0 Å². The van der Waals surface area contributed by atoms with Crippen LogP contribution >= 0.6 is 0 Å². The highest BCUT2D eigenvalue weighted by atomic mass is 16.7. The van der Waals surface area contributed by atoms with Gasteiger partial charge in [-0.15, -0.1) is 0 Å². The maximum atomic E-state index is 8.88. The molecule has 2 rings (SSSR count). The predicted molar refractivity (Wildman–Crippen MR) is 26.6 cm³/mol. The van der Waals surface area contributed by atoms with E-state index >= 15 is 0 Å². The third-order valence-electron chi connectivity index (χ3n) is 1.70. The van der Waals surface area contributed by atoms with Crippen molar-refractivity contribution in [2.24, 2.45) is 0 Å². The first-order chi connectivity index (χ1) is 4.33. The Morgan fingerprint density at radius 3 is 2.22 bits per heavy atom. The summed E-state index contributed by atoms with van der Waals surface area (Å²) in [6, 6.07) is 0. The summed E-state index contributed by atoms with van der Waals surface area (Å²) in [7, 11) is 0. The van der Waals surface area contributed by atoms with Crippen LogP contribution < -0.4 is 0 Å². The van der Waals surface area contributed by atoms with Gasteiger partial charge in [-0.1, -0.05) is 0 Å². The van der Waals surface area contributed by atoms with E-state index in [1.54, 1.807) is 0 Å². The van der Waals surface area contributed by atoms with Crippen LogP contribution in [0.5, 0.6) is 0 Å². The molecule has 2 saturated heterocycles. The SMILES string of the molecule is OC[C@H]1O[C@H](O)[C@@H]2O[C@H]21. The first-order valence-electron chi connectivity index (χ1n) is 2.93. The zero-order chi connectivity index (χ0) is 6.43. The number of hydrogen-bond acceptors (Lipinski definition) is 4. The molecule has 0 amide bonds. The molecule has 0 aliphatic carbocycles. The van der Waals surface area contributed by atoms with E-state index in [0.717, 1.165) is 0 Å². The van der Waals surface area contributed by atoms with Gasteiger partial charge in [-0.25, -0.2) is 0 Å². The van der Waals surface area contributed by atoms with Crippen LogP contribution in [0.4, 0.5) is 0 Å². The molecule has 0 bridgehead atoms. The van der Waals surface area contributed by atoms with Crippen molar-refractivity contribution in [1.29, 1.82) is 0 Å². The van der Waals surface area contributed by atoms with Crippen molar-refractivity contribution in [2.75, 3.05) is 6.61 Å². The summed E-state index contributed by atoms with van der Waals surface area (Å²) in [6.45, 7) is -0.0712. The van der Waals surface area contributed by atoms with E-state index in [1.165, 1.54) is 0 Å². The van der Waals surface area contributed by atoms with E-state index in [0.29, 0.717) is 0 Å². The summed E-state index contributed by atoms with van der Waals surface area (Å²) >= 11 is 0. The molecule has 2 heterocycles. The number of fused-ring (bicyclic) bond motifs is 1. The van der Waals surface area contributed by atoms with Gasteiger partial charge in [-0.05, 0) is 0 Å². The molecule has 2 aliphatic heterocycles. The van der Waals surface area contributed by atoms with Gasteiger partial charge in [0.05, 0.1) is 6.61 Å². The van der Waals surface area contributed by atoms with Gasteiger partial charge in [-0.2, -0.15) is 0 Å². The van der Waals surface area contributed by atoms with Crippen molar-refractivity contribution in [2.45, 2.75) is 24.6 Å². The third kappa shape index (κ3) is 0.679. The van der Waals surface area contributed by atoms with Crippen LogP contribution in [-0.4, -0.2) is 41.4 Å². The van der Waals surface area contributed by atoms with Crippen LogP contribution in [0.2, 0.25) is 0 Å². The summed E-state index contributed by atoms with van der Waals surface area (Å²) in [5.74, 6) is 0. The Morgan fingerprint density at radius 1 is 1.22 bits per heavy atom. The molecular weight excluding hydrogens is 124 g/mol. The Labute approximate surface area is 52.0 Å². The molecule has 9 heavy (non-hydrogen) atoms. The first kappa shape index (κ1) is 5.61. The lowest BCUT2D eigenvalue weighted by molar-refractivity contribution is -0.149. The highest BCUT2D eigenvalue weighted by molar-refractivity contribution is 4.99. The van der Waals surface area contributed by atoms with Crippen molar-refractivity contribution in [3.8, 4) is 0 Å². The molecule has 4 nitrogen and oxygen atoms in total. The van der Waals surface area contributed by atoms with Gasteiger partial charge in [0.25, 0.3) is 0 Å². The summed E-state index contributed by atoms with van der Waals surface area (Å²) in [6.07, 6.45) is -1.33. The molecule has 0 saturated carbocycles. The fourth-order valence-electron chi connectivity index (χ4n) is 1.15. The highest BCUT2D eigenvalue weighted by Gasteiger charge is 2.57. The molecule has 0 aromatic carbocycles. The monoisotopic (exact) mass is 132 g/mol. The molecule has 0 spiro atoms. The van der Waals surface area contributed by atoms with Crippen molar-refractivity contribution in [3.05, 3.63) is 0 Å². The third-order valence-corrected chi connectivity index (χ3v) is 1.70. The van der Waals surface area contributed by atoms with Crippen LogP contribution in [0, 0.1) is 0 Å². The normalized spacial score (nSPS) is 55.3. The lowest BCUT2D eigenvalue weighted by Crippen LogP contribution is -2.22. The minimum Gasteiger partial charge on any atom is -0.394 e. The summed E-state index contributed by atoms with van der Waals surface area (Å²) in [4.78, 5) is 0. The number of hydrogen-bond donors (Lipinski definition) is 2. The lowest BCUT2D eigenvalue weighted by Gasteiger charge is -2.09. The molecule has 4 heteroatoms. The van der Waals surface area contributed by atoms with Gasteiger partial charge in [0.1, 0.15) is 18.3 Å². The first-order valence-corrected chi connectivity index (χ1v) is 2.93. The molecule has 0 radical (unpaired) electrons. The number of epoxide rings is 1. The Morgan fingerprint density at radius 2 is 2.00 bits per heavy atom. The zero-order valence-electron chi connectivity index (χ0n) is 4.73. The van der Waals surface area contributed by atoms with Crippen molar-refractivity contribution >= 4 is 0 Å². The number of aliphatic hydroxyl groups excluding tert-OH is 2. The molecule has 0 aromatic rings. The second-order valence-electron chi connectivity index (χ2n) is 2.31. The largest absolute Gasteiger partial charge is 0.394 e. The van der Waals surface area contributed by atoms with E-state index in [4.69, 9.17) is 19.7 Å². The topological polar surface area (TPSA) is 62.2 Å². The average molecular weight is 132 g/mol. The lowest BCUT2D eigenvalue weighted by atomic mass is 10.2. The van der Waals surface area contributed by atoms with Crippen LogP contribution in [0.15, 0.2) is 0 Å². The van der Waals surface area contributed by atoms with Crippen molar-refractivity contribution in [3.63, 3.8) is 0 Å². The standard InChI is InChI=1S/C5H8O4/c6-1-2-3-4(9-3)5(7)8-2/h2-7H,1H2/t2-,3+,4-,5+/m1/s1. The van der Waals surface area contributed by atoms with Gasteiger partial charge in [0, 0.05) is 0 Å². The van der Waals surface area contributed by atoms with Gasteiger partial charge in [0.2, 0.25) is 0 Å². The summed E-state index contributed by atoms with van der Waals surface area (Å²) < 4.78 is 9.79. The van der Waals surface area contributed by atoms with Crippen LogP contribution in [-0.2, 0) is 9.47 Å². The molecule has 0 aromatic heterocycles. The fourth-order valence-corrected chi connectivity index (χ4v) is 1.15. The van der Waals surface area contributed by atoms with Crippen LogP contribution in [0.25, 0.3) is 0 Å². The Hall–Kier alpha value is -0.160. The quantitative estimate of drug-likeness (QED) is 0.424. The minimum absolute atomic E-state index is 0.0509. The van der Waals surface area contributed by atoms with E-state index in [-0.39, 0.29) is 24.9 Å². The minimum atomic E-state index is -0.813. The average Bonchev–Trinajstić information content (AvgIpc) is 2.56. The number of rotatable bonds is 1. The Bertz CT molecular complexity index is 126. The van der Waals surface area contributed by atoms with Crippen LogP contribution in [0.1, 0.15) is 0 Å². The Balaban J connectivity index is 2.00. The molecule has 2 aliphatic rings. The molecule has 4 atom stereocenters. The van der Waals surface area contributed by atoms with Gasteiger partial charge >= 0.3 is 0 Å². The molecule has 2 fully saturated rings. The summed E-state index contributed by atoms with van der Waals surface area (Å²) in [5.41, 5.74) is 0. The fraction of sp³-hybridized carbons (Fsp3) is 1.00. The zero-order valence-corrected chi connectivity index (χ0v) is 4.73. The Kier molecular flexibility index (Phi) is 1.04. The number of ether oxygens (including phenoxy) is 2. The van der Waals surface area contributed by atoms with E-state index < -0.39 is 6.29 Å². The summed E-state index contributed by atoms with van der Waals surface area (Å²) in [5, 5.41) is 17.4. The van der Waals surface area contributed by atoms with Crippen LogP contribution in [0.3, 0.4) is 0 Å². The van der Waals surface area contributed by atoms with E-state index in [2.05, 4.69) is 0 Å². The van der Waals surface area contributed by atoms with Crippen molar-refractivity contribution < 1.29 is 19.7 Å². The second kappa shape index (κ2) is 1.67. The smallest absolute Gasteiger partial charge is 0.184 e. The van der Waals surface area contributed by atoms with Gasteiger partial charge in [-0.3, -0.25) is 0 Å². The molecule has 52 valence electrons. The number of aliphatic hydroxyl groups is 2. The van der Waals surface area contributed by atoms with Gasteiger partial charge in [0.15, 0.2) is 6.29 Å². The molecule has 2 N–H and O–H groups in total. The molecule has 0 unspecified atom stereocenters. The van der Waals surface area contributed by atoms with Crippen molar-refractivity contribution in [1.82, 2.24) is 0 Å².